The summed E-state index contributed by atoms with van der Waals surface area (Å²) in [5.74, 6) is -1.90. The number of carbonyl (C=O) groups excluding carboxylic acids is 1. The molecule has 0 fully saturated rings. The van der Waals surface area contributed by atoms with Crippen molar-refractivity contribution in [2.45, 2.75) is 0 Å². The van der Waals surface area contributed by atoms with E-state index >= 15 is 0 Å². The van der Waals surface area contributed by atoms with Crippen LogP contribution in [0.2, 0.25) is 0 Å². The van der Waals surface area contributed by atoms with Crippen molar-refractivity contribution in [3.8, 4) is 23.0 Å². The lowest BCUT2D eigenvalue weighted by atomic mass is 10.3. The second kappa shape index (κ2) is 3.00. The Morgan fingerprint density at radius 2 is 1.67 bits per heavy atom. The second-order valence-corrected chi connectivity index (χ2v) is 2.00. The van der Waals surface area contributed by atoms with Crippen LogP contribution in [0, 0.1) is 0 Å². The van der Waals surface area contributed by atoms with E-state index in [1.54, 1.807) is 0 Å². The van der Waals surface area contributed by atoms with E-state index in [1.165, 1.54) is 0 Å². The molecule has 0 aliphatic heterocycles. The summed E-state index contributed by atoms with van der Waals surface area (Å²) >= 11 is 0. The van der Waals surface area contributed by atoms with Crippen molar-refractivity contribution >= 4 is 6.47 Å². The molecule has 0 spiro atoms. The zero-order valence-electron chi connectivity index (χ0n) is 5.81. The SMILES string of the molecule is O=[C]Oc1cc(O)c(O)c(O)c1. The van der Waals surface area contributed by atoms with Crippen molar-refractivity contribution in [2.24, 2.45) is 0 Å². The summed E-state index contributed by atoms with van der Waals surface area (Å²) in [6.45, 7) is 1.10. The topological polar surface area (TPSA) is 87.0 Å². The van der Waals surface area contributed by atoms with E-state index in [1.807, 2.05) is 0 Å². The van der Waals surface area contributed by atoms with Crippen molar-refractivity contribution in [1.82, 2.24) is 0 Å². The number of rotatable bonds is 2. The molecular weight excluding hydrogens is 164 g/mol. The summed E-state index contributed by atoms with van der Waals surface area (Å²) in [5, 5.41) is 26.6. The minimum absolute atomic E-state index is 0.0993. The van der Waals surface area contributed by atoms with Crippen LogP contribution in [0.4, 0.5) is 0 Å². The van der Waals surface area contributed by atoms with Crippen LogP contribution in [-0.4, -0.2) is 21.8 Å². The van der Waals surface area contributed by atoms with Crippen LogP contribution in [0.3, 0.4) is 0 Å². The van der Waals surface area contributed by atoms with Gasteiger partial charge in [0.1, 0.15) is 5.75 Å². The zero-order chi connectivity index (χ0) is 9.14. The van der Waals surface area contributed by atoms with Crippen LogP contribution in [0.25, 0.3) is 0 Å². The van der Waals surface area contributed by atoms with Gasteiger partial charge in [0, 0.05) is 12.1 Å². The first-order valence-corrected chi connectivity index (χ1v) is 2.94. The molecule has 3 N–H and O–H groups in total. The number of phenols is 3. The highest BCUT2D eigenvalue weighted by atomic mass is 16.5. The fraction of sp³-hybridized carbons (Fsp3) is 0. The first-order valence-electron chi connectivity index (χ1n) is 2.94. The first kappa shape index (κ1) is 8.19. The van der Waals surface area contributed by atoms with Gasteiger partial charge in [-0.1, -0.05) is 0 Å². The van der Waals surface area contributed by atoms with Crippen molar-refractivity contribution in [1.29, 1.82) is 0 Å². The molecule has 63 valence electrons. The van der Waals surface area contributed by atoms with E-state index in [-0.39, 0.29) is 5.75 Å². The highest BCUT2D eigenvalue weighted by Gasteiger charge is 2.08. The zero-order valence-corrected chi connectivity index (χ0v) is 5.81. The predicted octanol–water partition coefficient (Wildman–Crippen LogP) is 0.249. The summed E-state index contributed by atoms with van der Waals surface area (Å²) < 4.78 is 4.19. The molecule has 0 unspecified atom stereocenters. The molecule has 1 rings (SSSR count). The number of benzene rings is 1. The molecular formula is C7H5O5. The van der Waals surface area contributed by atoms with E-state index in [0.29, 0.717) is 0 Å². The Labute approximate surface area is 67.5 Å². The van der Waals surface area contributed by atoms with Gasteiger partial charge in [-0.25, -0.2) is 4.79 Å². The fourth-order valence-corrected chi connectivity index (χ4v) is 0.686. The van der Waals surface area contributed by atoms with E-state index in [9.17, 15) is 4.79 Å². The van der Waals surface area contributed by atoms with Crippen molar-refractivity contribution in [3.05, 3.63) is 12.1 Å². The van der Waals surface area contributed by atoms with Crippen molar-refractivity contribution in [3.63, 3.8) is 0 Å². The van der Waals surface area contributed by atoms with Gasteiger partial charge in [0.2, 0.25) is 5.75 Å². The highest BCUT2D eigenvalue weighted by Crippen LogP contribution is 2.37. The van der Waals surface area contributed by atoms with Gasteiger partial charge in [-0.2, -0.15) is 0 Å². The second-order valence-electron chi connectivity index (χ2n) is 2.00. The minimum Gasteiger partial charge on any atom is -0.504 e. The molecule has 0 aliphatic rings. The van der Waals surface area contributed by atoms with E-state index in [4.69, 9.17) is 15.3 Å². The molecule has 0 heterocycles. The first-order chi connectivity index (χ1) is 5.65. The maximum Gasteiger partial charge on any atom is 0.423 e. The van der Waals surface area contributed by atoms with Gasteiger partial charge >= 0.3 is 6.47 Å². The summed E-state index contributed by atoms with van der Waals surface area (Å²) in [7, 11) is 0. The van der Waals surface area contributed by atoms with Crippen LogP contribution in [-0.2, 0) is 4.79 Å². The molecule has 0 aromatic heterocycles. The Morgan fingerprint density at radius 1 is 1.17 bits per heavy atom. The molecule has 0 bridgehead atoms. The number of ether oxygens (including phenoxy) is 1. The van der Waals surface area contributed by atoms with Crippen molar-refractivity contribution < 1.29 is 24.9 Å². The standard InChI is InChI=1S/C7H5O5/c8-3-12-4-1-5(9)7(11)6(10)2-4/h1-2,9-11H. The van der Waals surface area contributed by atoms with E-state index < -0.39 is 17.2 Å². The van der Waals surface area contributed by atoms with Gasteiger partial charge in [-0.3, -0.25) is 0 Å². The number of hydrogen-bond acceptors (Lipinski definition) is 5. The Balaban J connectivity index is 3.11. The van der Waals surface area contributed by atoms with E-state index in [0.717, 1.165) is 18.6 Å². The van der Waals surface area contributed by atoms with Crippen LogP contribution in [0.15, 0.2) is 12.1 Å². The maximum atomic E-state index is 9.71. The normalized spacial score (nSPS) is 9.33. The fourth-order valence-electron chi connectivity index (χ4n) is 0.686. The molecule has 0 saturated heterocycles. The Hall–Kier alpha value is -1.91. The molecule has 0 amide bonds. The molecule has 5 nitrogen and oxygen atoms in total. The minimum atomic E-state index is -0.659. The summed E-state index contributed by atoms with van der Waals surface area (Å²) in [6, 6.07) is 1.94. The summed E-state index contributed by atoms with van der Waals surface area (Å²) in [5.41, 5.74) is 0. The third kappa shape index (κ3) is 1.39. The van der Waals surface area contributed by atoms with Gasteiger partial charge < -0.3 is 20.1 Å². The molecule has 0 saturated carbocycles. The van der Waals surface area contributed by atoms with Crippen LogP contribution < -0.4 is 4.74 Å². The number of hydrogen-bond donors (Lipinski definition) is 3. The summed E-state index contributed by atoms with van der Waals surface area (Å²) in [4.78, 5) is 9.71. The van der Waals surface area contributed by atoms with Crippen LogP contribution in [0.1, 0.15) is 0 Å². The third-order valence-corrected chi connectivity index (χ3v) is 1.20. The lowest BCUT2D eigenvalue weighted by Crippen LogP contribution is -1.87. The third-order valence-electron chi connectivity index (χ3n) is 1.20. The van der Waals surface area contributed by atoms with Crippen molar-refractivity contribution in [2.75, 3.05) is 0 Å². The van der Waals surface area contributed by atoms with Crippen LogP contribution >= 0.6 is 0 Å². The molecule has 1 aromatic carbocycles. The van der Waals surface area contributed by atoms with Gasteiger partial charge in [0.05, 0.1) is 0 Å². The van der Waals surface area contributed by atoms with E-state index in [2.05, 4.69) is 4.74 Å². The maximum absolute atomic E-state index is 9.71. The molecule has 1 radical (unpaired) electrons. The van der Waals surface area contributed by atoms with Gasteiger partial charge in [-0.05, 0) is 0 Å². The van der Waals surface area contributed by atoms with Gasteiger partial charge in [0.15, 0.2) is 11.5 Å². The molecule has 0 aliphatic carbocycles. The molecule has 5 heteroatoms. The predicted molar refractivity (Wildman–Crippen MR) is 37.8 cm³/mol. The largest absolute Gasteiger partial charge is 0.504 e. The van der Waals surface area contributed by atoms with Crippen LogP contribution in [0.5, 0.6) is 23.0 Å². The Morgan fingerprint density at radius 3 is 2.08 bits per heavy atom. The smallest absolute Gasteiger partial charge is 0.423 e. The molecule has 12 heavy (non-hydrogen) atoms. The number of phenolic OH excluding ortho intramolecular Hbond substituents is 3. The lowest BCUT2D eigenvalue weighted by Gasteiger charge is -2.02. The monoisotopic (exact) mass is 169 g/mol. The Kier molecular flexibility index (Phi) is 2.05. The Bertz CT molecular complexity index is 284. The average Bonchev–Trinajstić information content (AvgIpc) is 2.01. The number of aromatic hydroxyl groups is 3. The van der Waals surface area contributed by atoms with Gasteiger partial charge in [0.25, 0.3) is 0 Å². The van der Waals surface area contributed by atoms with Gasteiger partial charge in [-0.15, -0.1) is 0 Å². The molecule has 0 atom stereocenters. The quantitative estimate of drug-likeness (QED) is 0.552. The highest BCUT2D eigenvalue weighted by molar-refractivity contribution is 5.56. The summed E-state index contributed by atoms with van der Waals surface area (Å²) in [6.07, 6.45) is 0. The average molecular weight is 169 g/mol. The lowest BCUT2D eigenvalue weighted by molar-refractivity contribution is 0.362. The molecule has 1 aromatic rings.